The van der Waals surface area contributed by atoms with Gasteiger partial charge in [0.25, 0.3) is 0 Å². The third kappa shape index (κ3) is 3.22. The molecule has 1 aliphatic rings. The summed E-state index contributed by atoms with van der Waals surface area (Å²) in [4.78, 5) is 0. The summed E-state index contributed by atoms with van der Waals surface area (Å²) in [7, 11) is 0. The fraction of sp³-hybridized carbons (Fsp3) is 0.538. The van der Waals surface area contributed by atoms with Crippen LogP contribution in [0.15, 0.2) is 30.3 Å². The van der Waals surface area contributed by atoms with Crippen molar-refractivity contribution < 1.29 is 0 Å². The molecule has 1 fully saturated rings. The third-order valence-electron chi connectivity index (χ3n) is 2.87. The highest BCUT2D eigenvalue weighted by Crippen LogP contribution is 2.33. The summed E-state index contributed by atoms with van der Waals surface area (Å²) in [6, 6.07) is 10.8. The Bertz CT molecular complexity index is 233. The zero-order valence-corrected chi connectivity index (χ0v) is 8.21. The highest BCUT2D eigenvalue weighted by molar-refractivity contribution is 5.14. The molecule has 0 atom stereocenters. The molecule has 0 unspecified atom stereocenters. The lowest BCUT2D eigenvalue weighted by Crippen LogP contribution is -1.85. The van der Waals surface area contributed by atoms with Crippen molar-refractivity contribution in [2.45, 2.75) is 38.5 Å². The van der Waals surface area contributed by atoms with Crippen LogP contribution in [0, 0.1) is 5.92 Å². The summed E-state index contributed by atoms with van der Waals surface area (Å²) in [6.45, 7) is 0. The van der Waals surface area contributed by atoms with Gasteiger partial charge in [-0.25, -0.2) is 0 Å². The molecule has 70 valence electrons. The molecule has 1 aromatic carbocycles. The molecule has 0 bridgehead atoms. The van der Waals surface area contributed by atoms with E-state index in [0.717, 1.165) is 5.92 Å². The average molecular weight is 174 g/mol. The van der Waals surface area contributed by atoms with Crippen LogP contribution < -0.4 is 0 Å². The van der Waals surface area contributed by atoms with E-state index in [-0.39, 0.29) is 0 Å². The molecule has 13 heavy (non-hydrogen) atoms. The lowest BCUT2D eigenvalue weighted by atomic mass is 10.1. The monoisotopic (exact) mass is 174 g/mol. The first kappa shape index (κ1) is 8.80. The molecule has 0 nitrogen and oxygen atoms in total. The van der Waals surface area contributed by atoms with Gasteiger partial charge in [-0.2, -0.15) is 0 Å². The number of unbranched alkanes of at least 4 members (excludes halogenated alkanes) is 1. The molecular weight excluding hydrogens is 156 g/mol. The van der Waals surface area contributed by atoms with E-state index in [1.54, 1.807) is 0 Å². The van der Waals surface area contributed by atoms with Crippen LogP contribution in [0.3, 0.4) is 0 Å². The highest BCUT2D eigenvalue weighted by atomic mass is 14.3. The second-order valence-corrected chi connectivity index (χ2v) is 4.17. The number of rotatable bonds is 5. The van der Waals surface area contributed by atoms with E-state index in [0.29, 0.717) is 0 Å². The van der Waals surface area contributed by atoms with Gasteiger partial charge in [-0.3, -0.25) is 0 Å². The maximum Gasteiger partial charge on any atom is -0.0279 e. The first-order valence-electron chi connectivity index (χ1n) is 5.49. The van der Waals surface area contributed by atoms with Crippen LogP contribution in [0.25, 0.3) is 0 Å². The van der Waals surface area contributed by atoms with Crippen LogP contribution >= 0.6 is 0 Å². The predicted molar refractivity (Wildman–Crippen MR) is 56.7 cm³/mol. The molecule has 1 saturated carbocycles. The molecule has 0 aromatic heterocycles. The smallest absolute Gasteiger partial charge is 0.0279 e. The molecule has 0 saturated heterocycles. The fourth-order valence-electron chi connectivity index (χ4n) is 1.81. The Morgan fingerprint density at radius 2 is 1.77 bits per heavy atom. The highest BCUT2D eigenvalue weighted by Gasteiger charge is 2.19. The molecule has 1 aromatic rings. The lowest BCUT2D eigenvalue weighted by molar-refractivity contribution is 0.628. The summed E-state index contributed by atoms with van der Waals surface area (Å²) in [5.41, 5.74) is 1.50. The first-order valence-corrected chi connectivity index (χ1v) is 5.49. The molecule has 0 amide bonds. The van der Waals surface area contributed by atoms with E-state index in [1.807, 2.05) is 0 Å². The lowest BCUT2D eigenvalue weighted by Gasteiger charge is -2.00. The van der Waals surface area contributed by atoms with Gasteiger partial charge in [-0.1, -0.05) is 56.0 Å². The molecule has 1 aliphatic carbocycles. The van der Waals surface area contributed by atoms with Crippen LogP contribution in [-0.4, -0.2) is 0 Å². The molecule has 0 heterocycles. The number of hydrogen-bond donors (Lipinski definition) is 0. The van der Waals surface area contributed by atoms with Gasteiger partial charge in [0.05, 0.1) is 0 Å². The van der Waals surface area contributed by atoms with Crippen molar-refractivity contribution >= 4 is 0 Å². The van der Waals surface area contributed by atoms with Crippen molar-refractivity contribution in [3.63, 3.8) is 0 Å². The van der Waals surface area contributed by atoms with Crippen LogP contribution in [0.5, 0.6) is 0 Å². The van der Waals surface area contributed by atoms with Crippen molar-refractivity contribution in [1.29, 1.82) is 0 Å². The Kier molecular flexibility index (Phi) is 3.02. The molecule has 0 spiro atoms. The van der Waals surface area contributed by atoms with Gasteiger partial charge in [0, 0.05) is 0 Å². The third-order valence-corrected chi connectivity index (χ3v) is 2.87. The van der Waals surface area contributed by atoms with Gasteiger partial charge in [-0.15, -0.1) is 0 Å². The quantitative estimate of drug-likeness (QED) is 0.595. The Hall–Kier alpha value is -0.780. The molecule has 0 aliphatic heterocycles. The maximum atomic E-state index is 2.23. The fourth-order valence-corrected chi connectivity index (χ4v) is 1.81. The minimum Gasteiger partial charge on any atom is -0.0622 e. The van der Waals surface area contributed by atoms with Gasteiger partial charge < -0.3 is 0 Å². The summed E-state index contributed by atoms with van der Waals surface area (Å²) in [5.74, 6) is 1.11. The van der Waals surface area contributed by atoms with Crippen LogP contribution in [0.1, 0.15) is 37.7 Å². The predicted octanol–water partition coefficient (Wildman–Crippen LogP) is 3.81. The molecule has 0 radical (unpaired) electrons. The average Bonchev–Trinajstić information content (AvgIpc) is 2.98. The standard InChI is InChI=1S/C13H18/c1-2-6-12(7-3-1)8-4-5-9-13-10-11-13/h1-3,6-7,13H,4-5,8-11H2. The van der Waals surface area contributed by atoms with E-state index >= 15 is 0 Å². The first-order chi connectivity index (χ1) is 6.45. The van der Waals surface area contributed by atoms with E-state index in [1.165, 1.54) is 44.1 Å². The summed E-state index contributed by atoms with van der Waals surface area (Å²) in [5, 5.41) is 0. The minimum atomic E-state index is 1.11. The Morgan fingerprint density at radius 1 is 1.00 bits per heavy atom. The van der Waals surface area contributed by atoms with Crippen molar-refractivity contribution in [2.75, 3.05) is 0 Å². The Balaban J connectivity index is 1.61. The van der Waals surface area contributed by atoms with Crippen molar-refractivity contribution in [1.82, 2.24) is 0 Å². The number of hydrogen-bond acceptors (Lipinski definition) is 0. The van der Waals surface area contributed by atoms with Gasteiger partial charge in [0.15, 0.2) is 0 Å². The molecule has 0 N–H and O–H groups in total. The zero-order valence-electron chi connectivity index (χ0n) is 8.21. The largest absolute Gasteiger partial charge is 0.0622 e. The summed E-state index contributed by atoms with van der Waals surface area (Å²) < 4.78 is 0. The van der Waals surface area contributed by atoms with Crippen molar-refractivity contribution in [3.8, 4) is 0 Å². The van der Waals surface area contributed by atoms with Gasteiger partial charge in [0.1, 0.15) is 0 Å². The van der Waals surface area contributed by atoms with Gasteiger partial charge >= 0.3 is 0 Å². The van der Waals surface area contributed by atoms with E-state index < -0.39 is 0 Å². The van der Waals surface area contributed by atoms with Crippen LogP contribution in [0.2, 0.25) is 0 Å². The number of benzene rings is 1. The molecule has 2 rings (SSSR count). The maximum absolute atomic E-state index is 2.23. The Morgan fingerprint density at radius 3 is 2.46 bits per heavy atom. The second kappa shape index (κ2) is 4.45. The van der Waals surface area contributed by atoms with Gasteiger partial charge in [-0.05, 0) is 24.3 Å². The zero-order chi connectivity index (χ0) is 8.93. The minimum absolute atomic E-state index is 1.11. The normalized spacial score (nSPS) is 16.0. The SMILES string of the molecule is c1ccc(CCCCC2CC2)cc1. The van der Waals surface area contributed by atoms with E-state index in [4.69, 9.17) is 0 Å². The van der Waals surface area contributed by atoms with Crippen molar-refractivity contribution in [2.24, 2.45) is 5.92 Å². The summed E-state index contributed by atoms with van der Waals surface area (Å²) >= 11 is 0. The van der Waals surface area contributed by atoms with Crippen LogP contribution in [-0.2, 0) is 6.42 Å². The van der Waals surface area contributed by atoms with E-state index in [9.17, 15) is 0 Å². The van der Waals surface area contributed by atoms with Crippen LogP contribution in [0.4, 0.5) is 0 Å². The second-order valence-electron chi connectivity index (χ2n) is 4.17. The Labute approximate surface area is 81.0 Å². The number of aryl methyl sites for hydroxylation is 1. The van der Waals surface area contributed by atoms with Gasteiger partial charge in [0.2, 0.25) is 0 Å². The molecule has 0 heteroatoms. The topological polar surface area (TPSA) is 0 Å². The van der Waals surface area contributed by atoms with Crippen molar-refractivity contribution in [3.05, 3.63) is 35.9 Å². The molecular formula is C13H18. The van der Waals surface area contributed by atoms with E-state index in [2.05, 4.69) is 30.3 Å². The summed E-state index contributed by atoms with van der Waals surface area (Å²) in [6.07, 6.45) is 8.57.